The average molecular weight is 471 g/mol. The molecule has 1 amide bonds. The molecule has 3 rings (SSSR count). The second kappa shape index (κ2) is 9.89. The number of carbonyl (C=O) groups excluding carboxylic acids is 1. The fraction of sp³-hybridized carbons (Fsp3) is 0.125. The van der Waals surface area contributed by atoms with Gasteiger partial charge in [0.2, 0.25) is 0 Å². The topological polar surface area (TPSA) is 75.7 Å². The summed E-state index contributed by atoms with van der Waals surface area (Å²) in [6.45, 7) is 5.62. The van der Waals surface area contributed by atoms with Crippen molar-refractivity contribution in [1.82, 2.24) is 0 Å². The highest BCUT2D eigenvalue weighted by atomic mass is 35.5. The summed E-state index contributed by atoms with van der Waals surface area (Å²) < 4.78 is 33.5. The van der Waals surface area contributed by atoms with E-state index in [-0.39, 0.29) is 22.0 Å². The number of anilines is 2. The van der Waals surface area contributed by atoms with Crippen molar-refractivity contribution >= 4 is 38.9 Å². The van der Waals surface area contributed by atoms with E-state index in [1.165, 1.54) is 35.7 Å². The van der Waals surface area contributed by atoms with Crippen LogP contribution in [0.25, 0.3) is 0 Å². The van der Waals surface area contributed by atoms with Crippen LogP contribution in [-0.4, -0.2) is 28.0 Å². The quantitative estimate of drug-likeness (QED) is 0.454. The lowest BCUT2D eigenvalue weighted by Crippen LogP contribution is -2.31. The molecule has 166 valence electrons. The Morgan fingerprint density at radius 3 is 2.47 bits per heavy atom. The molecule has 0 saturated heterocycles. The van der Waals surface area contributed by atoms with Crippen LogP contribution in [0, 0.1) is 6.92 Å². The first-order chi connectivity index (χ1) is 15.3. The Labute approximate surface area is 193 Å². The number of aryl methyl sites for hydroxylation is 1. The molecule has 0 atom stereocenters. The first-order valence-corrected chi connectivity index (χ1v) is 11.5. The molecule has 0 aliphatic rings. The summed E-state index contributed by atoms with van der Waals surface area (Å²) in [6, 6.07) is 18.0. The standard InChI is InChI=1S/C24H23ClN2O4S/c1-4-15-27(22-7-5-6-8-23(22)31-3)32(29,30)19-13-14-21(25)20(16-19)24(28)26-18-11-9-17(2)10-12-18/h4-14,16H,1,15H2,2-3H3,(H,26,28). The lowest BCUT2D eigenvalue weighted by atomic mass is 10.2. The molecule has 0 unspecified atom stereocenters. The average Bonchev–Trinajstić information content (AvgIpc) is 2.79. The molecule has 3 aromatic carbocycles. The third-order valence-electron chi connectivity index (χ3n) is 4.73. The SMILES string of the molecule is C=CCN(c1ccccc1OC)S(=O)(=O)c1ccc(Cl)c(C(=O)Nc2ccc(C)cc2)c1. The molecule has 0 fully saturated rings. The zero-order valence-corrected chi connectivity index (χ0v) is 19.3. The number of rotatable bonds is 8. The van der Waals surface area contributed by atoms with E-state index in [4.69, 9.17) is 16.3 Å². The lowest BCUT2D eigenvalue weighted by molar-refractivity contribution is 0.102. The van der Waals surface area contributed by atoms with Crippen LogP contribution in [0.15, 0.2) is 84.3 Å². The number of benzene rings is 3. The summed E-state index contributed by atoms with van der Waals surface area (Å²) in [7, 11) is -2.59. The maximum atomic E-state index is 13.5. The predicted octanol–water partition coefficient (Wildman–Crippen LogP) is 5.29. The number of nitrogens with one attached hydrogen (secondary N) is 1. The van der Waals surface area contributed by atoms with E-state index >= 15 is 0 Å². The smallest absolute Gasteiger partial charge is 0.264 e. The van der Waals surface area contributed by atoms with Crippen LogP contribution in [0.2, 0.25) is 5.02 Å². The van der Waals surface area contributed by atoms with Crippen molar-refractivity contribution < 1.29 is 17.9 Å². The monoisotopic (exact) mass is 470 g/mol. The fourth-order valence-corrected chi connectivity index (χ4v) is 4.76. The van der Waals surface area contributed by atoms with E-state index in [2.05, 4.69) is 11.9 Å². The largest absolute Gasteiger partial charge is 0.495 e. The number of carbonyl (C=O) groups is 1. The van der Waals surface area contributed by atoms with Crippen molar-refractivity contribution in [1.29, 1.82) is 0 Å². The summed E-state index contributed by atoms with van der Waals surface area (Å²) in [4.78, 5) is 12.7. The number of amides is 1. The van der Waals surface area contributed by atoms with Gasteiger partial charge in [-0.1, -0.05) is 47.5 Å². The van der Waals surface area contributed by atoms with Gasteiger partial charge in [0.1, 0.15) is 5.75 Å². The van der Waals surface area contributed by atoms with Crippen LogP contribution in [0.1, 0.15) is 15.9 Å². The second-order valence-corrected chi connectivity index (χ2v) is 9.23. The van der Waals surface area contributed by atoms with Crippen LogP contribution >= 0.6 is 11.6 Å². The number of sulfonamides is 1. The lowest BCUT2D eigenvalue weighted by Gasteiger charge is -2.25. The van der Waals surface area contributed by atoms with Crippen molar-refractivity contribution in [2.45, 2.75) is 11.8 Å². The maximum absolute atomic E-state index is 13.5. The first-order valence-electron chi connectivity index (χ1n) is 9.72. The number of ether oxygens (including phenoxy) is 1. The van der Waals surface area contributed by atoms with Gasteiger partial charge in [0.05, 0.1) is 34.8 Å². The molecule has 6 nitrogen and oxygen atoms in total. The minimum atomic E-state index is -4.06. The summed E-state index contributed by atoms with van der Waals surface area (Å²) in [5, 5.41) is 2.88. The Kier molecular flexibility index (Phi) is 7.22. The molecule has 32 heavy (non-hydrogen) atoms. The van der Waals surface area contributed by atoms with Gasteiger partial charge in [-0.05, 0) is 49.4 Å². The molecular weight excluding hydrogens is 448 g/mol. The fourth-order valence-electron chi connectivity index (χ4n) is 3.08. The Hall–Kier alpha value is -3.29. The van der Waals surface area contributed by atoms with Gasteiger partial charge in [-0.3, -0.25) is 9.10 Å². The van der Waals surface area contributed by atoms with E-state index in [1.807, 2.05) is 19.1 Å². The Balaban J connectivity index is 2.01. The molecule has 0 saturated carbocycles. The molecule has 0 aromatic heterocycles. The van der Waals surface area contributed by atoms with E-state index in [0.29, 0.717) is 17.1 Å². The summed E-state index contributed by atoms with van der Waals surface area (Å²) >= 11 is 6.23. The highest BCUT2D eigenvalue weighted by molar-refractivity contribution is 7.92. The summed E-state index contributed by atoms with van der Waals surface area (Å²) in [6.07, 6.45) is 1.48. The van der Waals surface area contributed by atoms with Crippen molar-refractivity contribution in [3.63, 3.8) is 0 Å². The van der Waals surface area contributed by atoms with Gasteiger partial charge in [-0.15, -0.1) is 6.58 Å². The van der Waals surface area contributed by atoms with Crippen molar-refractivity contribution in [2.24, 2.45) is 0 Å². The number of hydrogen-bond acceptors (Lipinski definition) is 4. The van der Waals surface area contributed by atoms with Crippen LogP contribution in [0.4, 0.5) is 11.4 Å². The highest BCUT2D eigenvalue weighted by Crippen LogP contribution is 2.33. The number of halogens is 1. The van der Waals surface area contributed by atoms with Crippen LogP contribution in [-0.2, 0) is 10.0 Å². The zero-order valence-electron chi connectivity index (χ0n) is 17.7. The summed E-state index contributed by atoms with van der Waals surface area (Å²) in [5.74, 6) is -0.118. The van der Waals surface area contributed by atoms with Crippen molar-refractivity contribution in [2.75, 3.05) is 23.3 Å². The van der Waals surface area contributed by atoms with Crippen molar-refractivity contribution in [3.05, 3.63) is 95.5 Å². The maximum Gasteiger partial charge on any atom is 0.264 e. The number of hydrogen-bond donors (Lipinski definition) is 1. The molecule has 0 radical (unpaired) electrons. The molecule has 8 heteroatoms. The van der Waals surface area contributed by atoms with Crippen molar-refractivity contribution in [3.8, 4) is 5.75 Å². The van der Waals surface area contributed by atoms with E-state index in [1.54, 1.807) is 36.4 Å². The normalized spacial score (nSPS) is 11.0. The molecule has 0 heterocycles. The second-order valence-electron chi connectivity index (χ2n) is 6.96. The van der Waals surface area contributed by atoms with Crippen LogP contribution < -0.4 is 14.4 Å². The van der Waals surface area contributed by atoms with E-state index in [0.717, 1.165) is 5.56 Å². The Bertz CT molecular complexity index is 1240. The molecule has 0 bridgehead atoms. The van der Waals surface area contributed by atoms with Crippen LogP contribution in [0.3, 0.4) is 0 Å². The third kappa shape index (κ3) is 4.95. The number of nitrogens with zero attached hydrogens (tertiary/aromatic N) is 1. The molecule has 3 aromatic rings. The highest BCUT2D eigenvalue weighted by Gasteiger charge is 2.28. The van der Waals surface area contributed by atoms with Gasteiger partial charge in [0.15, 0.2) is 0 Å². The Morgan fingerprint density at radius 2 is 1.81 bits per heavy atom. The molecule has 0 aliphatic heterocycles. The minimum Gasteiger partial charge on any atom is -0.495 e. The van der Waals surface area contributed by atoms with Gasteiger partial charge in [-0.25, -0.2) is 8.42 Å². The van der Waals surface area contributed by atoms with Gasteiger partial charge in [-0.2, -0.15) is 0 Å². The first kappa shape index (κ1) is 23.4. The molecule has 0 spiro atoms. The predicted molar refractivity (Wildman–Crippen MR) is 128 cm³/mol. The Morgan fingerprint density at radius 1 is 1.12 bits per heavy atom. The van der Waals surface area contributed by atoms with Gasteiger partial charge in [0, 0.05) is 5.69 Å². The number of methoxy groups -OCH3 is 1. The van der Waals surface area contributed by atoms with Crippen LogP contribution in [0.5, 0.6) is 5.75 Å². The third-order valence-corrected chi connectivity index (χ3v) is 6.83. The number of para-hydroxylation sites is 2. The van der Waals surface area contributed by atoms with Gasteiger partial charge in [0.25, 0.3) is 15.9 Å². The minimum absolute atomic E-state index is 0.0101. The molecule has 1 N–H and O–H groups in total. The summed E-state index contributed by atoms with van der Waals surface area (Å²) in [5.41, 5.74) is 2.03. The molecular formula is C24H23ClN2O4S. The molecule has 0 aliphatic carbocycles. The van der Waals surface area contributed by atoms with E-state index in [9.17, 15) is 13.2 Å². The van der Waals surface area contributed by atoms with E-state index < -0.39 is 15.9 Å². The van der Waals surface area contributed by atoms with Gasteiger partial charge < -0.3 is 10.1 Å². The zero-order chi connectivity index (χ0) is 23.3. The van der Waals surface area contributed by atoms with Gasteiger partial charge >= 0.3 is 0 Å².